The number of likely N-dealkylation sites (tertiary alicyclic amines) is 1. The number of hydrogen-bond donors (Lipinski definition) is 1. The maximum absolute atomic E-state index is 13.5. The van der Waals surface area contributed by atoms with E-state index in [-0.39, 0.29) is 29.2 Å². The Balaban J connectivity index is 1.95. The lowest BCUT2D eigenvalue weighted by molar-refractivity contribution is -0.140. The fourth-order valence-electron chi connectivity index (χ4n) is 4.53. The smallest absolute Gasteiger partial charge is 0.295 e. The van der Waals surface area contributed by atoms with Gasteiger partial charge in [-0.05, 0) is 54.4 Å². The first-order chi connectivity index (χ1) is 18.3. The zero-order valence-electron chi connectivity index (χ0n) is 21.5. The molecule has 1 amide bonds. The fourth-order valence-corrected chi connectivity index (χ4v) is 4.53. The first kappa shape index (κ1) is 26.5. The van der Waals surface area contributed by atoms with Crippen molar-refractivity contribution in [1.29, 1.82) is 0 Å². The molecule has 0 radical (unpaired) electrons. The summed E-state index contributed by atoms with van der Waals surface area (Å²) >= 11 is 0. The molecule has 1 unspecified atom stereocenters. The Morgan fingerprint density at radius 3 is 2.11 bits per heavy atom. The number of carbonyl (C=O) groups is 2. The molecular formula is C29H28FNO7. The Hall–Kier alpha value is -4.53. The van der Waals surface area contributed by atoms with Crippen LogP contribution in [0.5, 0.6) is 23.0 Å². The van der Waals surface area contributed by atoms with Gasteiger partial charge in [-0.1, -0.05) is 24.3 Å². The highest BCUT2D eigenvalue weighted by Gasteiger charge is 2.47. The molecule has 9 heteroatoms. The van der Waals surface area contributed by atoms with Crippen LogP contribution in [0.25, 0.3) is 5.76 Å². The Kier molecular flexibility index (Phi) is 7.85. The number of carbonyl (C=O) groups excluding carboxylic acids is 2. The predicted molar refractivity (Wildman–Crippen MR) is 138 cm³/mol. The topological polar surface area (TPSA) is 94.5 Å². The molecule has 1 aliphatic heterocycles. The molecule has 4 rings (SSSR count). The van der Waals surface area contributed by atoms with Crippen LogP contribution in [0.1, 0.15) is 29.7 Å². The molecule has 0 aliphatic carbocycles. The van der Waals surface area contributed by atoms with E-state index >= 15 is 0 Å². The van der Waals surface area contributed by atoms with Crippen molar-refractivity contribution in [3.8, 4) is 23.0 Å². The van der Waals surface area contributed by atoms with Gasteiger partial charge in [-0.2, -0.15) is 0 Å². The van der Waals surface area contributed by atoms with Gasteiger partial charge in [-0.25, -0.2) is 4.39 Å². The van der Waals surface area contributed by atoms with Crippen molar-refractivity contribution in [3.05, 3.63) is 88.7 Å². The molecule has 0 bridgehead atoms. The molecule has 1 heterocycles. The first-order valence-corrected chi connectivity index (χ1v) is 11.9. The van der Waals surface area contributed by atoms with Gasteiger partial charge < -0.3 is 29.0 Å². The summed E-state index contributed by atoms with van der Waals surface area (Å²) in [5.74, 6) is -1.16. The van der Waals surface area contributed by atoms with E-state index in [1.54, 1.807) is 36.4 Å². The summed E-state index contributed by atoms with van der Waals surface area (Å²) in [6.45, 7) is 2.17. The highest BCUT2D eigenvalue weighted by Crippen LogP contribution is 2.45. The maximum atomic E-state index is 13.5. The Morgan fingerprint density at radius 1 is 0.895 bits per heavy atom. The summed E-state index contributed by atoms with van der Waals surface area (Å²) in [5.41, 5.74) is 1.10. The SMILES string of the molecule is CCOc1cc(C2/C(=C(\O)c3c(OC)cccc3OC)C(=O)C(=O)N2Cc2ccc(F)cc2)ccc1OC. The summed E-state index contributed by atoms with van der Waals surface area (Å²) < 4.78 is 35.5. The van der Waals surface area contributed by atoms with E-state index in [9.17, 15) is 19.1 Å². The van der Waals surface area contributed by atoms with Gasteiger partial charge in [-0.3, -0.25) is 9.59 Å². The minimum absolute atomic E-state index is 0.00857. The van der Waals surface area contributed by atoms with Gasteiger partial charge in [0.15, 0.2) is 11.5 Å². The number of ether oxygens (including phenoxy) is 4. The Morgan fingerprint density at radius 2 is 1.53 bits per heavy atom. The molecule has 1 aliphatic rings. The third-order valence-corrected chi connectivity index (χ3v) is 6.27. The minimum Gasteiger partial charge on any atom is -0.506 e. The number of halogens is 1. The molecule has 3 aromatic rings. The second-order valence-corrected chi connectivity index (χ2v) is 8.43. The van der Waals surface area contributed by atoms with Crippen LogP contribution >= 0.6 is 0 Å². The van der Waals surface area contributed by atoms with Gasteiger partial charge in [0.2, 0.25) is 0 Å². The van der Waals surface area contributed by atoms with Crippen molar-refractivity contribution in [2.45, 2.75) is 19.5 Å². The van der Waals surface area contributed by atoms with E-state index in [1.807, 2.05) is 6.92 Å². The van der Waals surface area contributed by atoms with Crippen LogP contribution in [0.2, 0.25) is 0 Å². The van der Waals surface area contributed by atoms with Crippen molar-refractivity contribution in [3.63, 3.8) is 0 Å². The van der Waals surface area contributed by atoms with Crippen molar-refractivity contribution in [2.75, 3.05) is 27.9 Å². The van der Waals surface area contributed by atoms with Crippen molar-refractivity contribution in [1.82, 2.24) is 4.90 Å². The largest absolute Gasteiger partial charge is 0.506 e. The number of hydrogen-bond acceptors (Lipinski definition) is 7. The average molecular weight is 522 g/mol. The van der Waals surface area contributed by atoms with Gasteiger partial charge >= 0.3 is 0 Å². The van der Waals surface area contributed by atoms with Crippen LogP contribution in [0.4, 0.5) is 4.39 Å². The average Bonchev–Trinajstić information content (AvgIpc) is 3.18. The number of aliphatic hydroxyl groups excluding tert-OH is 1. The zero-order valence-corrected chi connectivity index (χ0v) is 21.5. The summed E-state index contributed by atoms with van der Waals surface area (Å²) in [4.78, 5) is 28.2. The van der Waals surface area contributed by atoms with E-state index < -0.39 is 29.3 Å². The van der Waals surface area contributed by atoms with E-state index in [1.165, 1.54) is 50.5 Å². The molecule has 1 atom stereocenters. The van der Waals surface area contributed by atoms with Crippen LogP contribution in [0, 0.1) is 5.82 Å². The number of rotatable bonds is 9. The van der Waals surface area contributed by atoms with E-state index in [4.69, 9.17) is 18.9 Å². The van der Waals surface area contributed by atoms with Crippen molar-refractivity contribution >= 4 is 17.4 Å². The number of Topliss-reactive ketones (excluding diaryl/α,β-unsaturated/α-hetero) is 1. The van der Waals surface area contributed by atoms with Crippen LogP contribution in [0.15, 0.2) is 66.2 Å². The molecule has 0 saturated carbocycles. The summed E-state index contributed by atoms with van der Waals surface area (Å²) in [7, 11) is 4.36. The number of benzene rings is 3. The van der Waals surface area contributed by atoms with E-state index in [0.717, 1.165) is 0 Å². The van der Waals surface area contributed by atoms with Gasteiger partial charge in [0.1, 0.15) is 28.6 Å². The maximum Gasteiger partial charge on any atom is 0.295 e. The molecule has 1 N–H and O–H groups in total. The number of methoxy groups -OCH3 is 3. The number of ketones is 1. The summed E-state index contributed by atoms with van der Waals surface area (Å²) in [6.07, 6.45) is 0. The van der Waals surface area contributed by atoms with Gasteiger partial charge in [0.25, 0.3) is 11.7 Å². The lowest BCUT2D eigenvalue weighted by atomic mass is 9.94. The molecule has 0 aromatic heterocycles. The van der Waals surface area contributed by atoms with Crippen molar-refractivity contribution in [2.24, 2.45) is 0 Å². The second-order valence-electron chi connectivity index (χ2n) is 8.43. The lowest BCUT2D eigenvalue weighted by Crippen LogP contribution is -2.29. The molecule has 3 aromatic carbocycles. The Labute approximate surface area is 219 Å². The van der Waals surface area contributed by atoms with Crippen LogP contribution < -0.4 is 18.9 Å². The molecular weight excluding hydrogens is 493 g/mol. The standard InChI is InChI=1S/C29H28FNO7/c1-5-38-23-15-18(11-14-20(23)35-2)26-25(27(32)24-21(36-3)7-6-8-22(24)37-4)28(33)29(34)31(26)16-17-9-12-19(30)13-10-17/h6-15,26,32H,5,16H2,1-4H3/b27-25+. The third-order valence-electron chi connectivity index (χ3n) is 6.27. The summed E-state index contributed by atoms with van der Waals surface area (Å²) in [5, 5.41) is 11.6. The van der Waals surface area contributed by atoms with Crippen LogP contribution in [0.3, 0.4) is 0 Å². The van der Waals surface area contributed by atoms with Gasteiger partial charge in [-0.15, -0.1) is 0 Å². The fraction of sp³-hybridized carbons (Fsp3) is 0.241. The normalized spacial score (nSPS) is 16.4. The van der Waals surface area contributed by atoms with Crippen LogP contribution in [-0.2, 0) is 16.1 Å². The predicted octanol–water partition coefficient (Wildman–Crippen LogP) is 4.87. The van der Waals surface area contributed by atoms with Crippen LogP contribution in [-0.4, -0.2) is 49.6 Å². The molecule has 1 fully saturated rings. The number of aliphatic hydroxyl groups is 1. The van der Waals surface area contributed by atoms with E-state index in [2.05, 4.69) is 0 Å². The Bertz CT molecular complexity index is 1360. The molecule has 1 saturated heterocycles. The second kappa shape index (κ2) is 11.2. The summed E-state index contributed by atoms with van der Waals surface area (Å²) in [6, 6.07) is 14.6. The lowest BCUT2D eigenvalue weighted by Gasteiger charge is -2.26. The number of nitrogens with zero attached hydrogens (tertiary/aromatic N) is 1. The first-order valence-electron chi connectivity index (χ1n) is 11.9. The molecule has 198 valence electrons. The molecule has 0 spiro atoms. The molecule has 38 heavy (non-hydrogen) atoms. The zero-order chi connectivity index (χ0) is 27.4. The molecule has 8 nitrogen and oxygen atoms in total. The van der Waals surface area contributed by atoms with E-state index in [0.29, 0.717) is 29.2 Å². The highest BCUT2D eigenvalue weighted by atomic mass is 19.1. The number of amides is 1. The monoisotopic (exact) mass is 521 g/mol. The quantitative estimate of drug-likeness (QED) is 0.244. The van der Waals surface area contributed by atoms with Gasteiger partial charge in [0.05, 0.1) is 39.6 Å². The highest BCUT2D eigenvalue weighted by molar-refractivity contribution is 6.46. The van der Waals surface area contributed by atoms with Crippen molar-refractivity contribution < 1.29 is 38.0 Å². The van der Waals surface area contributed by atoms with Gasteiger partial charge in [0, 0.05) is 6.54 Å². The minimum atomic E-state index is -1.00. The third kappa shape index (κ3) is 4.87.